The predicted octanol–water partition coefficient (Wildman–Crippen LogP) is 8.22. The number of alkyl halides is 6. The van der Waals surface area contributed by atoms with Gasteiger partial charge in [-0.05, 0) is 57.2 Å². The zero-order valence-electron chi connectivity index (χ0n) is 21.0. The molecule has 2 heterocycles. The second-order valence-electron chi connectivity index (χ2n) is 8.30. The number of carbonyl (C=O) groups excluding carboxylic acids is 1. The van der Waals surface area contributed by atoms with Gasteiger partial charge in [-0.1, -0.05) is 24.3 Å². The largest absolute Gasteiger partial charge is 0.462 e. The summed E-state index contributed by atoms with van der Waals surface area (Å²) in [5.41, 5.74) is 0.473. The van der Waals surface area contributed by atoms with E-state index in [1.165, 1.54) is 30.3 Å². The molecule has 0 radical (unpaired) electrons. The smallest absolute Gasteiger partial charge is 0.416 e. The quantitative estimate of drug-likeness (QED) is 0.199. The van der Waals surface area contributed by atoms with Gasteiger partial charge in [0.05, 0.1) is 24.3 Å². The van der Waals surface area contributed by atoms with Crippen molar-refractivity contribution in [2.24, 2.45) is 0 Å². The van der Waals surface area contributed by atoms with Crippen LogP contribution in [-0.2, 0) is 23.7 Å². The minimum Gasteiger partial charge on any atom is -0.462 e. The molecule has 0 saturated carbocycles. The maximum atomic E-state index is 12.5. The van der Waals surface area contributed by atoms with Gasteiger partial charge in [0.15, 0.2) is 0 Å². The number of esters is 1. The molecule has 4 aromatic rings. The van der Waals surface area contributed by atoms with Gasteiger partial charge in [-0.15, -0.1) is 0 Å². The van der Waals surface area contributed by atoms with Crippen LogP contribution in [0.15, 0.2) is 69.5 Å². The zero-order valence-corrected chi connectivity index (χ0v) is 21.0. The number of furan rings is 2. The summed E-state index contributed by atoms with van der Waals surface area (Å²) in [5.74, 6) is 1.18. The van der Waals surface area contributed by atoms with Crippen molar-refractivity contribution in [2.45, 2.75) is 39.7 Å². The van der Waals surface area contributed by atoms with Crippen LogP contribution in [0.25, 0.3) is 22.6 Å². The Morgan fingerprint density at radius 1 is 0.769 bits per heavy atom. The Labute approximate surface area is 219 Å². The number of carbonyl (C=O) groups is 1. The van der Waals surface area contributed by atoms with Crippen molar-refractivity contribution in [1.29, 1.82) is 0 Å². The van der Waals surface area contributed by atoms with Gasteiger partial charge in [0.2, 0.25) is 0 Å². The molecule has 0 atom stereocenters. The van der Waals surface area contributed by atoms with Gasteiger partial charge in [-0.25, -0.2) is 4.79 Å². The monoisotopic (exact) mass is 554 g/mol. The molecule has 0 bridgehead atoms. The molecule has 5 nitrogen and oxygen atoms in total. The minimum atomic E-state index is -4.38. The van der Waals surface area contributed by atoms with Gasteiger partial charge in [0.1, 0.15) is 28.6 Å². The summed E-state index contributed by atoms with van der Waals surface area (Å²) >= 11 is 0. The molecular weight excluding hydrogens is 530 g/mol. The Bertz CT molecular complexity index is 1390. The van der Waals surface area contributed by atoms with Gasteiger partial charge in [0.25, 0.3) is 0 Å². The van der Waals surface area contributed by atoms with E-state index in [0.29, 0.717) is 39.7 Å². The van der Waals surface area contributed by atoms with E-state index in [2.05, 4.69) is 0 Å². The SMILES string of the molecule is CCOC(=O)c1cc(-c2ccc(C(F)(F)F)cc2)oc1C.Cc1oc(-c2ccc(C(F)(F)F)cc2)cc1CO. The van der Waals surface area contributed by atoms with Crippen molar-refractivity contribution >= 4 is 5.97 Å². The molecule has 2 aromatic carbocycles. The van der Waals surface area contributed by atoms with Crippen LogP contribution >= 0.6 is 0 Å². The summed E-state index contributed by atoms with van der Waals surface area (Å²) < 4.78 is 90.3. The van der Waals surface area contributed by atoms with Crippen molar-refractivity contribution in [3.63, 3.8) is 0 Å². The lowest BCUT2D eigenvalue weighted by Gasteiger charge is -2.06. The molecule has 2 aromatic heterocycles. The van der Waals surface area contributed by atoms with Crippen LogP contribution in [0.3, 0.4) is 0 Å². The van der Waals surface area contributed by atoms with Crippen LogP contribution in [0.4, 0.5) is 26.3 Å². The highest BCUT2D eigenvalue weighted by Crippen LogP contribution is 2.33. The third-order valence-corrected chi connectivity index (χ3v) is 5.60. The summed E-state index contributed by atoms with van der Waals surface area (Å²) in [4.78, 5) is 11.7. The van der Waals surface area contributed by atoms with Crippen molar-refractivity contribution < 1.29 is 49.8 Å². The first kappa shape index (κ1) is 29.6. The number of benzene rings is 2. The fourth-order valence-electron chi connectivity index (χ4n) is 3.50. The van der Waals surface area contributed by atoms with Crippen LogP contribution < -0.4 is 0 Å². The van der Waals surface area contributed by atoms with Gasteiger partial charge < -0.3 is 18.7 Å². The third-order valence-electron chi connectivity index (χ3n) is 5.60. The minimum absolute atomic E-state index is 0.157. The zero-order chi connectivity index (χ0) is 29.0. The molecule has 208 valence electrons. The Morgan fingerprint density at radius 3 is 1.59 bits per heavy atom. The van der Waals surface area contributed by atoms with Crippen molar-refractivity contribution in [3.8, 4) is 22.6 Å². The average Bonchev–Trinajstić information content (AvgIpc) is 3.46. The van der Waals surface area contributed by atoms with E-state index >= 15 is 0 Å². The van der Waals surface area contributed by atoms with Crippen LogP contribution in [0, 0.1) is 13.8 Å². The summed E-state index contributed by atoms with van der Waals surface area (Å²) in [6, 6.07) is 12.3. The molecule has 11 heteroatoms. The van der Waals surface area contributed by atoms with Crippen LogP contribution in [0.2, 0.25) is 0 Å². The van der Waals surface area contributed by atoms with E-state index in [0.717, 1.165) is 24.3 Å². The van der Waals surface area contributed by atoms with E-state index in [1.54, 1.807) is 26.8 Å². The lowest BCUT2D eigenvalue weighted by atomic mass is 10.1. The molecule has 1 N–H and O–H groups in total. The molecule has 0 aliphatic rings. The standard InChI is InChI=1S/C15H13F3O3.C13H11F3O2/c1-3-20-14(19)12-8-13(21-9(12)2)10-4-6-11(7-5-10)15(16,17)18;1-8-10(7-17)6-12(18-8)9-2-4-11(5-3-9)13(14,15)16/h4-8H,3H2,1-2H3;2-6,17H,7H2,1H3. The highest BCUT2D eigenvalue weighted by Gasteiger charge is 2.31. The Balaban J connectivity index is 0.000000218. The van der Waals surface area contributed by atoms with Crippen LogP contribution in [0.5, 0.6) is 0 Å². The second kappa shape index (κ2) is 11.8. The predicted molar refractivity (Wildman–Crippen MR) is 130 cm³/mol. The molecule has 39 heavy (non-hydrogen) atoms. The highest BCUT2D eigenvalue weighted by atomic mass is 19.4. The third kappa shape index (κ3) is 7.32. The molecule has 0 unspecified atom stereocenters. The van der Waals surface area contributed by atoms with E-state index in [1.807, 2.05) is 0 Å². The first-order valence-corrected chi connectivity index (χ1v) is 11.6. The number of halogens is 6. The molecule has 0 spiro atoms. The highest BCUT2D eigenvalue weighted by molar-refractivity contribution is 5.91. The summed E-state index contributed by atoms with van der Waals surface area (Å²) in [6.07, 6.45) is -8.72. The number of aliphatic hydroxyl groups excluding tert-OH is 1. The molecule has 0 aliphatic heterocycles. The molecule has 0 saturated heterocycles. The van der Waals surface area contributed by atoms with E-state index in [4.69, 9.17) is 18.7 Å². The molecule has 0 amide bonds. The van der Waals surface area contributed by atoms with E-state index in [-0.39, 0.29) is 18.8 Å². The number of rotatable bonds is 5. The van der Waals surface area contributed by atoms with E-state index < -0.39 is 29.4 Å². The fraction of sp³-hybridized carbons (Fsp3) is 0.250. The number of hydrogen-bond acceptors (Lipinski definition) is 5. The molecule has 0 fully saturated rings. The van der Waals surface area contributed by atoms with E-state index in [9.17, 15) is 31.1 Å². The maximum absolute atomic E-state index is 12.5. The molecule has 4 rings (SSSR count). The van der Waals surface area contributed by atoms with Gasteiger partial charge in [-0.2, -0.15) is 26.3 Å². The molecule has 0 aliphatic carbocycles. The molecular formula is C28H24F6O5. The summed E-state index contributed by atoms with van der Waals surface area (Å²) in [7, 11) is 0. The Kier molecular flexibility index (Phi) is 8.96. The lowest BCUT2D eigenvalue weighted by Crippen LogP contribution is -2.04. The van der Waals surface area contributed by atoms with Crippen molar-refractivity contribution in [1.82, 2.24) is 0 Å². The first-order valence-electron chi connectivity index (χ1n) is 11.6. The Hall–Kier alpha value is -3.99. The van der Waals surface area contributed by atoms with Gasteiger partial charge in [-0.3, -0.25) is 0 Å². The number of hydrogen-bond donors (Lipinski definition) is 1. The van der Waals surface area contributed by atoms with Crippen molar-refractivity contribution in [3.05, 3.63) is 94.4 Å². The maximum Gasteiger partial charge on any atom is 0.416 e. The normalized spacial score (nSPS) is 11.6. The van der Waals surface area contributed by atoms with Crippen LogP contribution in [0.1, 0.15) is 45.5 Å². The Morgan fingerprint density at radius 2 is 1.21 bits per heavy atom. The topological polar surface area (TPSA) is 72.8 Å². The fourth-order valence-corrected chi connectivity index (χ4v) is 3.50. The number of ether oxygens (including phenoxy) is 1. The van der Waals surface area contributed by atoms with Gasteiger partial charge in [0, 0.05) is 16.7 Å². The van der Waals surface area contributed by atoms with Gasteiger partial charge >= 0.3 is 18.3 Å². The summed E-state index contributed by atoms with van der Waals surface area (Å²) in [5, 5.41) is 9.02. The van der Waals surface area contributed by atoms with Crippen molar-refractivity contribution in [2.75, 3.05) is 6.61 Å². The lowest BCUT2D eigenvalue weighted by molar-refractivity contribution is -0.138. The number of aliphatic hydroxyl groups is 1. The van der Waals surface area contributed by atoms with Crippen LogP contribution in [-0.4, -0.2) is 17.7 Å². The second-order valence-corrected chi connectivity index (χ2v) is 8.30. The first-order chi connectivity index (χ1) is 18.2. The number of aryl methyl sites for hydroxylation is 2. The summed E-state index contributed by atoms with van der Waals surface area (Å²) in [6.45, 7) is 5.05. The average molecular weight is 554 g/mol.